The molecule has 0 radical (unpaired) electrons. The number of carboxylic acids is 1. The number of hydrogen-bond donors (Lipinski definition) is 3. The molecule has 2 aromatic carbocycles. The van der Waals surface area contributed by atoms with Gasteiger partial charge in [-0.3, -0.25) is 9.59 Å². The van der Waals surface area contributed by atoms with Crippen molar-refractivity contribution in [3.8, 4) is 0 Å². The smallest absolute Gasteiger partial charge is 0.408 e. The van der Waals surface area contributed by atoms with Crippen LogP contribution in [0.4, 0.5) is 9.59 Å². The number of alkyl carbamates (subject to hydrolysis) is 2. The van der Waals surface area contributed by atoms with Crippen LogP contribution in [0.15, 0.2) is 60.7 Å². The van der Waals surface area contributed by atoms with E-state index < -0.39 is 73.4 Å². The molecular formula is C36H48N2O12. The van der Waals surface area contributed by atoms with Crippen molar-refractivity contribution in [2.24, 2.45) is 11.8 Å². The lowest BCUT2D eigenvalue weighted by Gasteiger charge is -2.26. The van der Waals surface area contributed by atoms with Crippen molar-refractivity contribution >= 4 is 36.1 Å². The summed E-state index contributed by atoms with van der Waals surface area (Å²) in [5.74, 6) is -4.34. The molecular weight excluding hydrogens is 652 g/mol. The van der Waals surface area contributed by atoms with Gasteiger partial charge in [-0.05, 0) is 29.4 Å². The number of ether oxygens (including phenoxy) is 5. The number of nitrogens with one attached hydrogen (secondary N) is 2. The first-order valence-corrected chi connectivity index (χ1v) is 16.6. The molecule has 50 heavy (non-hydrogen) atoms. The van der Waals surface area contributed by atoms with Gasteiger partial charge >= 0.3 is 36.1 Å². The lowest BCUT2D eigenvalue weighted by Crippen LogP contribution is -2.49. The van der Waals surface area contributed by atoms with Crippen molar-refractivity contribution in [1.29, 1.82) is 0 Å². The van der Waals surface area contributed by atoms with E-state index in [4.69, 9.17) is 28.8 Å². The zero-order chi connectivity index (χ0) is 36.9. The predicted octanol–water partition coefficient (Wildman–Crippen LogP) is 4.92. The van der Waals surface area contributed by atoms with Crippen LogP contribution in [0.25, 0.3) is 0 Å². The van der Waals surface area contributed by atoms with Gasteiger partial charge in [0.1, 0.15) is 38.5 Å². The molecule has 0 heterocycles. The molecule has 0 aliphatic rings. The van der Waals surface area contributed by atoms with Crippen molar-refractivity contribution in [2.75, 3.05) is 13.2 Å². The van der Waals surface area contributed by atoms with Crippen LogP contribution in [-0.4, -0.2) is 72.6 Å². The maximum absolute atomic E-state index is 13.4. The van der Waals surface area contributed by atoms with Gasteiger partial charge in [-0.15, -0.1) is 0 Å². The first-order valence-electron chi connectivity index (χ1n) is 16.6. The third-order valence-corrected chi connectivity index (χ3v) is 7.80. The fraction of sp³-hybridized carbons (Fsp3) is 0.500. The van der Waals surface area contributed by atoms with Crippen molar-refractivity contribution in [3.05, 3.63) is 71.8 Å². The van der Waals surface area contributed by atoms with E-state index in [-0.39, 0.29) is 38.4 Å². The monoisotopic (exact) mass is 700 g/mol. The third-order valence-electron chi connectivity index (χ3n) is 7.80. The Morgan fingerprint density at radius 3 is 1.56 bits per heavy atom. The van der Waals surface area contributed by atoms with Crippen molar-refractivity contribution in [1.82, 2.24) is 10.6 Å². The van der Waals surface area contributed by atoms with Gasteiger partial charge in [0, 0.05) is 12.8 Å². The van der Waals surface area contributed by atoms with Gasteiger partial charge in [0.2, 0.25) is 0 Å². The minimum Gasteiger partial charge on any atom is -0.481 e. The Labute approximate surface area is 292 Å². The van der Waals surface area contributed by atoms with Crippen molar-refractivity contribution in [3.63, 3.8) is 0 Å². The van der Waals surface area contributed by atoms with Crippen LogP contribution in [0.1, 0.15) is 70.9 Å². The molecule has 1 unspecified atom stereocenters. The van der Waals surface area contributed by atoms with Crippen molar-refractivity contribution in [2.45, 2.75) is 91.2 Å². The summed E-state index contributed by atoms with van der Waals surface area (Å²) in [5, 5.41) is 13.9. The van der Waals surface area contributed by atoms with E-state index >= 15 is 0 Å². The topological polar surface area (TPSA) is 193 Å². The van der Waals surface area contributed by atoms with Gasteiger partial charge in [-0.25, -0.2) is 19.2 Å². The number of rotatable bonds is 21. The molecule has 3 N–H and O–H groups in total. The molecule has 0 saturated heterocycles. The van der Waals surface area contributed by atoms with E-state index in [1.165, 1.54) is 0 Å². The minimum absolute atomic E-state index is 0.0179. The molecule has 0 bridgehead atoms. The van der Waals surface area contributed by atoms with E-state index in [0.29, 0.717) is 12.8 Å². The highest BCUT2D eigenvalue weighted by atomic mass is 16.6. The van der Waals surface area contributed by atoms with Crippen LogP contribution in [0.2, 0.25) is 0 Å². The predicted molar refractivity (Wildman–Crippen MR) is 179 cm³/mol. The van der Waals surface area contributed by atoms with Crippen LogP contribution in [0, 0.1) is 11.8 Å². The van der Waals surface area contributed by atoms with Crippen LogP contribution in [0.5, 0.6) is 0 Å². The number of carbonyl (C=O) groups is 6. The second-order valence-corrected chi connectivity index (χ2v) is 11.8. The highest BCUT2D eigenvalue weighted by molar-refractivity contribution is 5.82. The molecule has 0 aliphatic heterocycles. The zero-order valence-corrected chi connectivity index (χ0v) is 29.0. The lowest BCUT2D eigenvalue weighted by atomic mass is 9.99. The Kier molecular flexibility index (Phi) is 18.5. The Morgan fingerprint density at radius 1 is 0.640 bits per heavy atom. The normalized spacial score (nSPS) is 13.7. The van der Waals surface area contributed by atoms with Crippen LogP contribution >= 0.6 is 0 Å². The molecule has 0 aliphatic carbocycles. The second kappa shape index (κ2) is 22.5. The molecule has 2 aromatic rings. The number of aliphatic carboxylic acids is 1. The first kappa shape index (κ1) is 41.0. The average Bonchev–Trinajstić information content (AvgIpc) is 3.11. The van der Waals surface area contributed by atoms with Gasteiger partial charge in [0.25, 0.3) is 0 Å². The quantitative estimate of drug-likeness (QED) is 0.118. The maximum atomic E-state index is 13.4. The van der Waals surface area contributed by atoms with E-state index in [0.717, 1.165) is 11.1 Å². The van der Waals surface area contributed by atoms with Gasteiger partial charge in [-0.1, -0.05) is 101 Å². The number of carbonyl (C=O) groups excluding carboxylic acids is 5. The highest BCUT2D eigenvalue weighted by Gasteiger charge is 2.33. The fourth-order valence-corrected chi connectivity index (χ4v) is 4.38. The summed E-state index contributed by atoms with van der Waals surface area (Å²) in [5.41, 5.74) is 1.49. The Hall–Kier alpha value is -5.14. The molecule has 5 atom stereocenters. The summed E-state index contributed by atoms with van der Waals surface area (Å²) in [6.07, 6.45) is -2.46. The van der Waals surface area contributed by atoms with E-state index in [1.807, 2.05) is 26.0 Å². The highest BCUT2D eigenvalue weighted by Crippen LogP contribution is 2.15. The summed E-state index contributed by atoms with van der Waals surface area (Å²) in [4.78, 5) is 75.0. The summed E-state index contributed by atoms with van der Waals surface area (Å²) >= 11 is 0. The Balaban J connectivity index is 2.11. The van der Waals surface area contributed by atoms with Gasteiger partial charge in [0.15, 0.2) is 6.10 Å². The van der Waals surface area contributed by atoms with E-state index in [1.54, 1.807) is 62.4 Å². The van der Waals surface area contributed by atoms with Crippen LogP contribution in [0.3, 0.4) is 0 Å². The zero-order valence-electron chi connectivity index (χ0n) is 29.0. The molecule has 2 amide bonds. The molecule has 0 aromatic heterocycles. The molecule has 2 rings (SSSR count). The van der Waals surface area contributed by atoms with Crippen LogP contribution < -0.4 is 10.6 Å². The van der Waals surface area contributed by atoms with Crippen LogP contribution in [-0.2, 0) is 56.1 Å². The molecule has 0 fully saturated rings. The number of carboxylic acid groups (broad SMARTS) is 1. The maximum Gasteiger partial charge on any atom is 0.408 e. The lowest BCUT2D eigenvalue weighted by molar-refractivity contribution is -0.170. The second-order valence-electron chi connectivity index (χ2n) is 11.8. The average molecular weight is 701 g/mol. The van der Waals surface area contributed by atoms with Crippen molar-refractivity contribution < 1.29 is 57.6 Å². The fourth-order valence-electron chi connectivity index (χ4n) is 4.38. The van der Waals surface area contributed by atoms with Gasteiger partial charge < -0.3 is 39.4 Å². The van der Waals surface area contributed by atoms with Gasteiger partial charge in [0.05, 0.1) is 0 Å². The van der Waals surface area contributed by atoms with E-state index in [9.17, 15) is 28.8 Å². The number of hydrogen-bond acceptors (Lipinski definition) is 11. The third kappa shape index (κ3) is 15.8. The number of amides is 2. The molecule has 14 heteroatoms. The summed E-state index contributed by atoms with van der Waals surface area (Å²) < 4.78 is 26.8. The Morgan fingerprint density at radius 2 is 1.10 bits per heavy atom. The van der Waals surface area contributed by atoms with E-state index in [2.05, 4.69) is 10.6 Å². The summed E-state index contributed by atoms with van der Waals surface area (Å²) in [6.45, 7) is 5.95. The van der Waals surface area contributed by atoms with Gasteiger partial charge in [-0.2, -0.15) is 0 Å². The molecule has 0 spiro atoms. The Bertz CT molecular complexity index is 1370. The minimum atomic E-state index is -1.31. The first-order chi connectivity index (χ1) is 23.9. The SMILES string of the molecule is CC[C@H](C)[C@H](NC(=O)OCc1ccccc1)C(=O)OCC(COC(=O)CCCC(=O)O)OC(=O)[C@@H](NC(=O)OCc1ccccc1)[C@@H](C)CC. The summed E-state index contributed by atoms with van der Waals surface area (Å²) in [7, 11) is 0. The largest absolute Gasteiger partial charge is 0.481 e. The molecule has 0 saturated carbocycles. The molecule has 274 valence electrons. The standard InChI is InChI=1S/C36H48N2O12/c1-5-24(3)31(37-35(44)48-20-26-14-9-7-10-15-26)33(42)47-23-28(22-46-30(41)19-13-18-29(39)40)50-34(43)32(25(4)6-2)38-36(45)49-21-27-16-11-8-12-17-27/h7-12,14-17,24-25,28,31-32H,5-6,13,18-23H2,1-4H3,(H,37,44)(H,38,45)(H,39,40)/t24-,25-,28?,31-,32-/m0/s1. The molecule has 14 nitrogen and oxygen atoms in total. The summed E-state index contributed by atoms with van der Waals surface area (Å²) in [6, 6.07) is 15.7. The number of esters is 3. The number of benzene rings is 2.